The Balaban J connectivity index is 2.13. The lowest BCUT2D eigenvalue weighted by Crippen LogP contribution is -2.11. The number of nitrogens with zero attached hydrogens (tertiary/aromatic N) is 1. The molecule has 0 aliphatic rings. The Kier molecular flexibility index (Phi) is 4.34. The molecule has 0 aliphatic heterocycles. The largest absolute Gasteiger partial charge is 0.378 e. The second kappa shape index (κ2) is 5.84. The van der Waals surface area contributed by atoms with E-state index in [0.717, 1.165) is 4.88 Å². The van der Waals surface area contributed by atoms with Crippen molar-refractivity contribution in [2.75, 3.05) is 5.32 Å². The van der Waals surface area contributed by atoms with Crippen LogP contribution in [-0.2, 0) is 9.84 Å². The smallest absolute Gasteiger partial charge is 0.341 e. The van der Waals surface area contributed by atoms with Crippen LogP contribution in [-0.4, -0.2) is 19.2 Å². The molecule has 2 rings (SSSR count). The minimum Gasteiger partial charge on any atom is -0.378 e. The second-order valence-corrected chi connectivity index (χ2v) is 6.94. The Labute approximate surface area is 119 Å². The minimum atomic E-state index is -4.53. The predicted molar refractivity (Wildman–Crippen MR) is 73.8 cm³/mol. The second-order valence-electron chi connectivity index (χ2n) is 4.10. The van der Waals surface area contributed by atoms with Gasteiger partial charge >= 0.3 is 5.76 Å². The van der Waals surface area contributed by atoms with E-state index in [2.05, 4.69) is 10.3 Å². The average molecular weight is 318 g/mol. The van der Waals surface area contributed by atoms with Gasteiger partial charge in [0.15, 0.2) is 0 Å². The van der Waals surface area contributed by atoms with Crippen molar-refractivity contribution in [2.24, 2.45) is 0 Å². The molecule has 0 spiro atoms. The summed E-state index contributed by atoms with van der Waals surface area (Å²) < 4.78 is 47.3. The maximum absolute atomic E-state index is 12.4. The summed E-state index contributed by atoms with van der Waals surface area (Å²) in [6.45, 7) is 1.93. The van der Waals surface area contributed by atoms with Crippen LogP contribution in [0.25, 0.3) is 0 Å². The van der Waals surface area contributed by atoms with Crippen molar-refractivity contribution in [2.45, 2.75) is 23.6 Å². The number of hydrogen-bond acceptors (Lipinski definition) is 5. The zero-order valence-electron chi connectivity index (χ0n) is 10.5. The van der Waals surface area contributed by atoms with Crippen molar-refractivity contribution in [3.63, 3.8) is 0 Å². The van der Waals surface area contributed by atoms with Crippen molar-refractivity contribution in [1.29, 1.82) is 0 Å². The maximum Gasteiger partial charge on any atom is 0.341 e. The van der Waals surface area contributed by atoms with Crippen molar-refractivity contribution < 1.29 is 17.2 Å². The SMILES string of the molecule is CC(Nc1ccc(S(=O)(=O)C(F)F)cc1)c1cncs1. The van der Waals surface area contributed by atoms with Gasteiger partial charge in [0.25, 0.3) is 0 Å². The lowest BCUT2D eigenvalue weighted by atomic mass is 10.2. The highest BCUT2D eigenvalue weighted by Crippen LogP contribution is 2.24. The molecule has 2 aromatic rings. The van der Waals surface area contributed by atoms with E-state index in [9.17, 15) is 17.2 Å². The summed E-state index contributed by atoms with van der Waals surface area (Å²) in [5.74, 6) is -3.41. The van der Waals surface area contributed by atoms with Gasteiger partial charge in [0.1, 0.15) is 0 Å². The van der Waals surface area contributed by atoms with Crippen LogP contribution in [0.1, 0.15) is 17.8 Å². The quantitative estimate of drug-likeness (QED) is 0.919. The van der Waals surface area contributed by atoms with Gasteiger partial charge < -0.3 is 5.32 Å². The zero-order chi connectivity index (χ0) is 14.8. The number of nitrogens with one attached hydrogen (secondary N) is 1. The Bertz CT molecular complexity index is 655. The monoisotopic (exact) mass is 318 g/mol. The summed E-state index contributed by atoms with van der Waals surface area (Å²) in [6, 6.07) is 5.27. The molecule has 0 amide bonds. The molecule has 1 unspecified atom stereocenters. The van der Waals surface area contributed by atoms with Gasteiger partial charge in [-0.2, -0.15) is 8.78 Å². The van der Waals surface area contributed by atoms with Gasteiger partial charge in [0, 0.05) is 16.8 Å². The molecule has 20 heavy (non-hydrogen) atoms. The lowest BCUT2D eigenvalue weighted by Gasteiger charge is -2.13. The van der Waals surface area contributed by atoms with Crippen molar-refractivity contribution in [3.8, 4) is 0 Å². The van der Waals surface area contributed by atoms with E-state index in [-0.39, 0.29) is 10.9 Å². The number of alkyl halides is 2. The normalized spacial score (nSPS) is 13.4. The number of thiazole rings is 1. The Morgan fingerprint density at radius 1 is 1.25 bits per heavy atom. The summed E-state index contributed by atoms with van der Waals surface area (Å²) in [6.07, 6.45) is 1.73. The highest BCUT2D eigenvalue weighted by molar-refractivity contribution is 7.91. The van der Waals surface area contributed by atoms with Gasteiger partial charge in [-0.3, -0.25) is 4.98 Å². The van der Waals surface area contributed by atoms with Crippen LogP contribution in [0.5, 0.6) is 0 Å². The highest BCUT2D eigenvalue weighted by atomic mass is 32.2. The van der Waals surface area contributed by atoms with Crippen LogP contribution >= 0.6 is 11.3 Å². The van der Waals surface area contributed by atoms with E-state index in [4.69, 9.17) is 0 Å². The van der Waals surface area contributed by atoms with Gasteiger partial charge in [-0.25, -0.2) is 8.42 Å². The predicted octanol–water partition coefficient (Wildman–Crippen LogP) is 3.31. The van der Waals surface area contributed by atoms with E-state index in [1.165, 1.54) is 35.6 Å². The van der Waals surface area contributed by atoms with Crippen molar-refractivity contribution >= 4 is 26.9 Å². The van der Waals surface area contributed by atoms with E-state index < -0.39 is 15.6 Å². The van der Waals surface area contributed by atoms with Crippen LogP contribution in [0.2, 0.25) is 0 Å². The molecule has 0 fully saturated rings. The van der Waals surface area contributed by atoms with E-state index in [1.807, 2.05) is 6.92 Å². The molecule has 8 heteroatoms. The summed E-state index contributed by atoms with van der Waals surface area (Å²) in [7, 11) is -4.53. The third-order valence-electron chi connectivity index (χ3n) is 2.68. The molecule has 0 bridgehead atoms. The Morgan fingerprint density at radius 3 is 2.40 bits per heavy atom. The standard InChI is InChI=1S/C12H12F2N2O2S2/c1-8(11-6-15-7-19-11)16-9-2-4-10(5-3-9)20(17,18)12(13)14/h2-8,12,16H,1H3. The Morgan fingerprint density at radius 2 is 1.90 bits per heavy atom. The first-order chi connectivity index (χ1) is 9.41. The number of hydrogen-bond donors (Lipinski definition) is 1. The van der Waals surface area contributed by atoms with E-state index in [1.54, 1.807) is 11.7 Å². The first-order valence-corrected chi connectivity index (χ1v) is 8.11. The molecule has 0 radical (unpaired) electrons. The number of halogens is 2. The molecule has 108 valence electrons. The average Bonchev–Trinajstić information content (AvgIpc) is 2.93. The molecule has 1 heterocycles. The van der Waals surface area contributed by atoms with Crippen molar-refractivity contribution in [1.82, 2.24) is 4.98 Å². The fourth-order valence-corrected chi connectivity index (χ4v) is 2.95. The number of anilines is 1. The first kappa shape index (κ1) is 14.9. The third-order valence-corrected chi connectivity index (χ3v) is 5.04. The number of aromatic nitrogens is 1. The molecule has 1 N–H and O–H groups in total. The molecule has 1 aromatic heterocycles. The summed E-state index contributed by atoms with van der Waals surface area (Å²) in [5.41, 5.74) is 2.37. The van der Waals surface area contributed by atoms with E-state index in [0.29, 0.717) is 5.69 Å². The fraction of sp³-hybridized carbons (Fsp3) is 0.250. The molecule has 1 atom stereocenters. The van der Waals surface area contributed by atoms with E-state index >= 15 is 0 Å². The molecule has 0 aliphatic carbocycles. The fourth-order valence-electron chi connectivity index (χ4n) is 1.60. The summed E-state index contributed by atoms with van der Waals surface area (Å²) >= 11 is 1.49. The molecular weight excluding hydrogens is 306 g/mol. The van der Waals surface area contributed by atoms with Gasteiger partial charge in [-0.05, 0) is 31.2 Å². The van der Waals surface area contributed by atoms with Crippen LogP contribution in [0.15, 0.2) is 40.9 Å². The highest BCUT2D eigenvalue weighted by Gasteiger charge is 2.26. The van der Waals surface area contributed by atoms with Gasteiger partial charge in [0.2, 0.25) is 9.84 Å². The Hall–Kier alpha value is -1.54. The molecule has 1 aromatic carbocycles. The molecular formula is C12H12F2N2O2S2. The molecule has 0 saturated carbocycles. The topological polar surface area (TPSA) is 59.1 Å². The summed E-state index contributed by atoms with van der Waals surface area (Å²) in [5, 5.41) is 3.14. The van der Waals surface area contributed by atoms with Gasteiger partial charge in [0.05, 0.1) is 16.4 Å². The molecule has 4 nitrogen and oxygen atoms in total. The van der Waals surface area contributed by atoms with Crippen LogP contribution in [0.3, 0.4) is 0 Å². The summed E-state index contributed by atoms with van der Waals surface area (Å²) in [4.78, 5) is 4.60. The van der Waals surface area contributed by atoms with Crippen LogP contribution in [0.4, 0.5) is 14.5 Å². The number of sulfone groups is 1. The van der Waals surface area contributed by atoms with Gasteiger partial charge in [-0.1, -0.05) is 0 Å². The zero-order valence-corrected chi connectivity index (χ0v) is 12.1. The van der Waals surface area contributed by atoms with Crippen LogP contribution < -0.4 is 5.32 Å². The van der Waals surface area contributed by atoms with Gasteiger partial charge in [-0.15, -0.1) is 11.3 Å². The lowest BCUT2D eigenvalue weighted by molar-refractivity contribution is 0.234. The minimum absolute atomic E-state index is 0.0000518. The third kappa shape index (κ3) is 3.13. The van der Waals surface area contributed by atoms with Crippen molar-refractivity contribution in [3.05, 3.63) is 40.8 Å². The first-order valence-electron chi connectivity index (χ1n) is 5.68. The maximum atomic E-state index is 12.4. The number of benzene rings is 1. The van der Waals surface area contributed by atoms with Crippen LogP contribution in [0, 0.1) is 0 Å². The number of rotatable bonds is 5. The molecule has 0 saturated heterocycles.